The van der Waals surface area contributed by atoms with E-state index in [-0.39, 0.29) is 29.3 Å². The molecule has 0 radical (unpaired) electrons. The van der Waals surface area contributed by atoms with E-state index in [1.807, 2.05) is 11.8 Å². The highest BCUT2D eigenvalue weighted by Gasteiger charge is 2.32. The lowest BCUT2D eigenvalue weighted by atomic mass is 10.2. The molecule has 0 aliphatic carbocycles. The number of sulfone groups is 1. The molecule has 9 heteroatoms. The van der Waals surface area contributed by atoms with Crippen LogP contribution in [0.15, 0.2) is 30.5 Å². The summed E-state index contributed by atoms with van der Waals surface area (Å²) in [6.45, 7) is 2.56. The number of hydrogen-bond acceptors (Lipinski definition) is 7. The number of aromatic nitrogens is 3. The molecule has 2 aromatic rings. The zero-order chi connectivity index (χ0) is 17.2. The fourth-order valence-electron chi connectivity index (χ4n) is 2.78. The zero-order valence-corrected chi connectivity index (χ0v) is 14.0. The Balaban J connectivity index is 1.79. The molecule has 1 aromatic carbocycles. The molecule has 24 heavy (non-hydrogen) atoms. The van der Waals surface area contributed by atoms with Gasteiger partial charge in [0.05, 0.1) is 17.7 Å². The van der Waals surface area contributed by atoms with E-state index in [1.165, 1.54) is 18.3 Å². The van der Waals surface area contributed by atoms with Gasteiger partial charge in [-0.1, -0.05) is 0 Å². The minimum atomic E-state index is -2.98. The van der Waals surface area contributed by atoms with Crippen LogP contribution in [0.3, 0.4) is 0 Å². The summed E-state index contributed by atoms with van der Waals surface area (Å²) in [6.07, 6.45) is 2.10. The Morgan fingerprint density at radius 1 is 1.33 bits per heavy atom. The van der Waals surface area contributed by atoms with Gasteiger partial charge in [0.15, 0.2) is 15.7 Å². The van der Waals surface area contributed by atoms with Crippen molar-refractivity contribution in [3.05, 3.63) is 36.3 Å². The van der Waals surface area contributed by atoms with Crippen molar-refractivity contribution in [1.82, 2.24) is 15.2 Å². The van der Waals surface area contributed by atoms with Gasteiger partial charge in [0.1, 0.15) is 5.82 Å². The second kappa shape index (κ2) is 6.68. The minimum absolute atomic E-state index is 0.102. The molecule has 0 saturated carbocycles. The van der Waals surface area contributed by atoms with E-state index in [0.717, 1.165) is 0 Å². The summed E-state index contributed by atoms with van der Waals surface area (Å²) in [5.74, 6) is 0.851. The van der Waals surface area contributed by atoms with E-state index < -0.39 is 9.84 Å². The molecule has 1 saturated heterocycles. The first-order valence-corrected chi connectivity index (χ1v) is 9.48. The summed E-state index contributed by atoms with van der Waals surface area (Å²) in [6, 6.07) is 5.72. The van der Waals surface area contributed by atoms with Gasteiger partial charge in [-0.3, -0.25) is 0 Å². The zero-order valence-electron chi connectivity index (χ0n) is 13.2. The van der Waals surface area contributed by atoms with E-state index in [0.29, 0.717) is 24.5 Å². The number of rotatable bonds is 5. The molecule has 0 spiro atoms. The molecule has 1 aliphatic rings. The van der Waals surface area contributed by atoms with Gasteiger partial charge in [-0.25, -0.2) is 12.8 Å². The lowest BCUT2D eigenvalue weighted by Crippen LogP contribution is -2.37. The largest absolute Gasteiger partial charge is 0.351 e. The Bertz CT molecular complexity index is 813. The molecule has 128 valence electrons. The van der Waals surface area contributed by atoms with E-state index in [4.69, 9.17) is 0 Å². The Hall–Kier alpha value is -2.29. The summed E-state index contributed by atoms with van der Waals surface area (Å²) in [5, 5.41) is 10.8. The first-order chi connectivity index (χ1) is 11.5. The predicted octanol–water partition coefficient (Wildman–Crippen LogP) is 1.77. The van der Waals surface area contributed by atoms with Gasteiger partial charge in [0.2, 0.25) is 5.95 Å². The van der Waals surface area contributed by atoms with E-state index in [9.17, 15) is 12.8 Å². The smallest absolute Gasteiger partial charge is 0.249 e. The van der Waals surface area contributed by atoms with E-state index >= 15 is 0 Å². The average Bonchev–Trinajstić information content (AvgIpc) is 2.91. The predicted molar refractivity (Wildman–Crippen MR) is 89.6 cm³/mol. The summed E-state index contributed by atoms with van der Waals surface area (Å²) < 4.78 is 36.4. The maximum atomic E-state index is 12.9. The van der Waals surface area contributed by atoms with Crippen LogP contribution in [0, 0.1) is 5.82 Å². The van der Waals surface area contributed by atoms with Crippen molar-refractivity contribution in [2.45, 2.75) is 19.4 Å². The molecule has 7 nitrogen and oxygen atoms in total. The van der Waals surface area contributed by atoms with E-state index in [1.54, 1.807) is 12.1 Å². The van der Waals surface area contributed by atoms with Gasteiger partial charge in [-0.15, -0.1) is 5.10 Å². The summed E-state index contributed by atoms with van der Waals surface area (Å²) in [7, 11) is -2.98. The molecular formula is C15H18FN5O2S. The highest BCUT2D eigenvalue weighted by Crippen LogP contribution is 2.23. The lowest BCUT2D eigenvalue weighted by molar-refractivity contribution is 0.599. The van der Waals surface area contributed by atoms with Crippen molar-refractivity contribution >= 4 is 27.3 Å². The summed E-state index contributed by atoms with van der Waals surface area (Å²) in [5.41, 5.74) is 0.641. The molecule has 1 aliphatic heterocycles. The molecular weight excluding hydrogens is 333 g/mol. The van der Waals surface area contributed by atoms with Crippen LogP contribution in [0.2, 0.25) is 0 Å². The van der Waals surface area contributed by atoms with Crippen LogP contribution < -0.4 is 10.2 Å². The van der Waals surface area contributed by atoms with Gasteiger partial charge in [-0.2, -0.15) is 10.1 Å². The third kappa shape index (κ3) is 3.78. The van der Waals surface area contributed by atoms with E-state index in [2.05, 4.69) is 20.5 Å². The number of nitrogens with one attached hydrogen (secondary N) is 1. The maximum Gasteiger partial charge on any atom is 0.249 e. The molecule has 1 fully saturated rings. The van der Waals surface area contributed by atoms with Crippen LogP contribution >= 0.6 is 0 Å². The molecule has 1 atom stereocenters. The van der Waals surface area contributed by atoms with Crippen LogP contribution in [0.4, 0.5) is 21.8 Å². The van der Waals surface area contributed by atoms with Gasteiger partial charge in [0, 0.05) is 18.3 Å². The highest BCUT2D eigenvalue weighted by molar-refractivity contribution is 7.91. The summed E-state index contributed by atoms with van der Waals surface area (Å²) >= 11 is 0. The Labute approximate surface area is 139 Å². The van der Waals surface area contributed by atoms with Crippen LogP contribution in [-0.4, -0.2) is 47.7 Å². The quantitative estimate of drug-likeness (QED) is 0.878. The minimum Gasteiger partial charge on any atom is -0.351 e. The number of anilines is 3. The fraction of sp³-hybridized carbons (Fsp3) is 0.400. The summed E-state index contributed by atoms with van der Waals surface area (Å²) in [4.78, 5) is 6.33. The van der Waals surface area contributed by atoms with Crippen molar-refractivity contribution in [2.75, 3.05) is 28.3 Å². The number of nitrogens with zero attached hydrogens (tertiary/aromatic N) is 4. The van der Waals surface area contributed by atoms with Crippen LogP contribution in [0.1, 0.15) is 13.3 Å². The van der Waals surface area contributed by atoms with Crippen LogP contribution in [-0.2, 0) is 9.84 Å². The molecule has 1 unspecified atom stereocenters. The van der Waals surface area contributed by atoms with Crippen molar-refractivity contribution in [3.8, 4) is 0 Å². The Kier molecular flexibility index (Phi) is 4.61. The lowest BCUT2D eigenvalue weighted by Gasteiger charge is -2.27. The molecule has 0 bridgehead atoms. The van der Waals surface area contributed by atoms with Gasteiger partial charge in [-0.05, 0) is 37.6 Å². The molecule has 1 aromatic heterocycles. The fourth-order valence-corrected chi connectivity index (χ4v) is 4.51. The number of hydrogen-bond donors (Lipinski definition) is 1. The van der Waals surface area contributed by atoms with Crippen LogP contribution in [0.5, 0.6) is 0 Å². The Morgan fingerprint density at radius 3 is 2.71 bits per heavy atom. The monoisotopic (exact) mass is 351 g/mol. The molecule has 1 N–H and O–H groups in total. The SMILES string of the molecule is CCN(c1cnnc(Nc2ccc(F)cc2)n1)C1CCS(=O)(=O)C1. The number of benzene rings is 1. The standard InChI is InChI=1S/C15H18FN5O2S/c1-2-21(13-7-8-24(22,23)10-13)14-9-17-20-15(19-14)18-12-5-3-11(16)4-6-12/h3-6,9,13H,2,7-8,10H2,1H3,(H,18,19,20). The third-order valence-electron chi connectivity index (χ3n) is 3.93. The first-order valence-electron chi connectivity index (χ1n) is 7.66. The second-order valence-electron chi connectivity index (χ2n) is 5.61. The number of halogens is 1. The molecule has 2 heterocycles. The maximum absolute atomic E-state index is 12.9. The van der Waals surface area contributed by atoms with Crippen molar-refractivity contribution in [3.63, 3.8) is 0 Å². The van der Waals surface area contributed by atoms with Crippen LogP contribution in [0.25, 0.3) is 0 Å². The topological polar surface area (TPSA) is 88.1 Å². The van der Waals surface area contributed by atoms with Crippen molar-refractivity contribution in [1.29, 1.82) is 0 Å². The van der Waals surface area contributed by atoms with Gasteiger partial charge < -0.3 is 10.2 Å². The Morgan fingerprint density at radius 2 is 2.08 bits per heavy atom. The first kappa shape index (κ1) is 16.6. The molecule has 0 amide bonds. The van der Waals surface area contributed by atoms with Crippen molar-refractivity contribution < 1.29 is 12.8 Å². The second-order valence-corrected chi connectivity index (χ2v) is 7.84. The van der Waals surface area contributed by atoms with Crippen molar-refractivity contribution in [2.24, 2.45) is 0 Å². The average molecular weight is 351 g/mol. The highest BCUT2D eigenvalue weighted by atomic mass is 32.2. The molecule has 3 rings (SSSR count). The third-order valence-corrected chi connectivity index (χ3v) is 5.68. The van der Waals surface area contributed by atoms with Gasteiger partial charge >= 0.3 is 0 Å². The normalized spacial score (nSPS) is 19.2. The van der Waals surface area contributed by atoms with Gasteiger partial charge in [0.25, 0.3) is 0 Å².